The minimum atomic E-state index is -0.556. The largest absolute Gasteiger partial charge is 0.389 e. The number of nitrogens with zero attached hydrogens (tertiary/aromatic N) is 1. The zero-order chi connectivity index (χ0) is 9.97. The van der Waals surface area contributed by atoms with Crippen LogP contribution in [0.2, 0.25) is 0 Å². The summed E-state index contributed by atoms with van der Waals surface area (Å²) < 4.78 is 5.51. The second-order valence-corrected chi connectivity index (χ2v) is 4.32. The van der Waals surface area contributed by atoms with Crippen LogP contribution in [0, 0.1) is 0 Å². The Morgan fingerprint density at radius 3 is 2.50 bits per heavy atom. The van der Waals surface area contributed by atoms with E-state index in [0.717, 1.165) is 19.6 Å². The van der Waals surface area contributed by atoms with Crippen molar-refractivity contribution in [3.05, 3.63) is 0 Å². The summed E-state index contributed by atoms with van der Waals surface area (Å²) in [7, 11) is 0. The van der Waals surface area contributed by atoms with Gasteiger partial charge >= 0.3 is 0 Å². The Bertz CT molecular complexity index is 172. The van der Waals surface area contributed by atoms with E-state index in [2.05, 4.69) is 4.90 Å². The summed E-state index contributed by atoms with van der Waals surface area (Å²) >= 11 is 0. The highest BCUT2D eigenvalue weighted by Crippen LogP contribution is 2.17. The van der Waals surface area contributed by atoms with Crippen LogP contribution < -0.4 is 0 Å². The van der Waals surface area contributed by atoms with Crippen LogP contribution in [0.4, 0.5) is 0 Å². The topological polar surface area (TPSA) is 52.9 Å². The van der Waals surface area contributed by atoms with Crippen LogP contribution in [0.25, 0.3) is 0 Å². The van der Waals surface area contributed by atoms with E-state index in [1.807, 2.05) is 0 Å². The van der Waals surface area contributed by atoms with Crippen LogP contribution in [0.3, 0.4) is 0 Å². The van der Waals surface area contributed by atoms with Crippen molar-refractivity contribution in [2.24, 2.45) is 0 Å². The molecule has 4 heteroatoms. The first-order valence-electron chi connectivity index (χ1n) is 5.46. The molecule has 14 heavy (non-hydrogen) atoms. The van der Waals surface area contributed by atoms with Crippen LogP contribution in [0.5, 0.6) is 0 Å². The zero-order valence-electron chi connectivity index (χ0n) is 8.43. The lowest BCUT2D eigenvalue weighted by molar-refractivity contribution is 0.0572. The van der Waals surface area contributed by atoms with Gasteiger partial charge < -0.3 is 14.9 Å². The highest BCUT2D eigenvalue weighted by atomic mass is 16.5. The average molecular weight is 201 g/mol. The summed E-state index contributed by atoms with van der Waals surface area (Å²) in [6.07, 6.45) is 2.66. The van der Waals surface area contributed by atoms with E-state index < -0.39 is 12.2 Å². The molecule has 2 fully saturated rings. The molecule has 0 aromatic heterocycles. The predicted octanol–water partition coefficient (Wildman–Crippen LogP) is -0.407. The third-order valence-electron chi connectivity index (χ3n) is 3.13. The molecule has 0 amide bonds. The molecule has 2 rings (SSSR count). The van der Waals surface area contributed by atoms with E-state index in [4.69, 9.17) is 4.74 Å². The maximum atomic E-state index is 9.34. The van der Waals surface area contributed by atoms with Gasteiger partial charge in [0.25, 0.3) is 0 Å². The third kappa shape index (κ3) is 2.45. The van der Waals surface area contributed by atoms with Crippen molar-refractivity contribution in [2.45, 2.75) is 37.6 Å². The Kier molecular flexibility index (Phi) is 3.38. The number of hydrogen-bond acceptors (Lipinski definition) is 4. The lowest BCUT2D eigenvalue weighted by Gasteiger charge is -2.17. The Labute approximate surface area is 84.5 Å². The fourth-order valence-electron chi connectivity index (χ4n) is 2.23. The van der Waals surface area contributed by atoms with Gasteiger partial charge in [0.1, 0.15) is 0 Å². The molecule has 82 valence electrons. The van der Waals surface area contributed by atoms with Crippen molar-refractivity contribution in [3.8, 4) is 0 Å². The smallest absolute Gasteiger partial charge is 0.0938 e. The molecule has 0 radical (unpaired) electrons. The second kappa shape index (κ2) is 4.57. The summed E-state index contributed by atoms with van der Waals surface area (Å²) in [5.74, 6) is 0. The maximum Gasteiger partial charge on any atom is 0.0938 e. The Morgan fingerprint density at radius 1 is 1.21 bits per heavy atom. The SMILES string of the molecule is O[C@@H]1CN(CCC2CCCO2)C[C@@H]1O. The highest BCUT2D eigenvalue weighted by Gasteiger charge is 2.29. The highest BCUT2D eigenvalue weighted by molar-refractivity contribution is 4.83. The van der Waals surface area contributed by atoms with Crippen LogP contribution in [0.1, 0.15) is 19.3 Å². The lowest BCUT2D eigenvalue weighted by atomic mass is 10.2. The number of rotatable bonds is 3. The van der Waals surface area contributed by atoms with Crippen LogP contribution in [0.15, 0.2) is 0 Å². The van der Waals surface area contributed by atoms with Gasteiger partial charge in [0.2, 0.25) is 0 Å². The van der Waals surface area contributed by atoms with Gasteiger partial charge in [-0.05, 0) is 19.3 Å². The van der Waals surface area contributed by atoms with E-state index >= 15 is 0 Å². The molecule has 2 saturated heterocycles. The molecule has 2 N–H and O–H groups in total. The van der Waals surface area contributed by atoms with Crippen LogP contribution in [-0.4, -0.2) is 59.7 Å². The van der Waals surface area contributed by atoms with Gasteiger partial charge in [-0.25, -0.2) is 0 Å². The van der Waals surface area contributed by atoms with E-state index in [-0.39, 0.29) is 0 Å². The van der Waals surface area contributed by atoms with Gasteiger partial charge in [-0.1, -0.05) is 0 Å². The van der Waals surface area contributed by atoms with Gasteiger partial charge in [-0.3, -0.25) is 4.90 Å². The first kappa shape index (κ1) is 10.4. The van der Waals surface area contributed by atoms with Gasteiger partial charge in [0.15, 0.2) is 0 Å². The van der Waals surface area contributed by atoms with Gasteiger partial charge in [-0.15, -0.1) is 0 Å². The minimum absolute atomic E-state index is 0.407. The van der Waals surface area contributed by atoms with E-state index in [1.54, 1.807) is 0 Å². The summed E-state index contributed by atoms with van der Waals surface area (Å²) in [4.78, 5) is 2.11. The van der Waals surface area contributed by atoms with Crippen molar-refractivity contribution in [1.29, 1.82) is 0 Å². The number of aliphatic hydroxyl groups excluding tert-OH is 2. The van der Waals surface area contributed by atoms with Crippen molar-refractivity contribution < 1.29 is 14.9 Å². The minimum Gasteiger partial charge on any atom is -0.389 e. The van der Waals surface area contributed by atoms with Crippen molar-refractivity contribution in [1.82, 2.24) is 4.90 Å². The summed E-state index contributed by atoms with van der Waals surface area (Å²) in [5, 5.41) is 18.7. The molecule has 0 bridgehead atoms. The number of aliphatic hydroxyl groups is 2. The predicted molar refractivity (Wildman–Crippen MR) is 52.0 cm³/mol. The molecule has 0 aromatic rings. The van der Waals surface area contributed by atoms with Crippen molar-refractivity contribution in [2.75, 3.05) is 26.2 Å². The lowest BCUT2D eigenvalue weighted by Crippen LogP contribution is -2.26. The molecule has 2 aliphatic rings. The molecule has 0 saturated carbocycles. The summed E-state index contributed by atoms with van der Waals surface area (Å²) in [6.45, 7) is 3.04. The number of likely N-dealkylation sites (tertiary alicyclic amines) is 1. The third-order valence-corrected chi connectivity index (χ3v) is 3.13. The molecule has 4 nitrogen and oxygen atoms in total. The first-order valence-corrected chi connectivity index (χ1v) is 5.46. The standard InChI is InChI=1S/C10H19NO3/c12-9-6-11(7-10(9)13)4-3-8-2-1-5-14-8/h8-10,12-13H,1-7H2/t8?,9-,10+. The van der Waals surface area contributed by atoms with Crippen molar-refractivity contribution >= 4 is 0 Å². The van der Waals surface area contributed by atoms with Crippen LogP contribution >= 0.6 is 0 Å². The van der Waals surface area contributed by atoms with E-state index in [9.17, 15) is 10.2 Å². The molecule has 0 aliphatic carbocycles. The van der Waals surface area contributed by atoms with Gasteiger partial charge in [-0.2, -0.15) is 0 Å². The fraction of sp³-hybridized carbons (Fsp3) is 1.00. The molecule has 1 unspecified atom stereocenters. The fourth-order valence-corrected chi connectivity index (χ4v) is 2.23. The molecule has 0 spiro atoms. The summed E-state index contributed by atoms with van der Waals surface area (Å²) in [5.41, 5.74) is 0. The second-order valence-electron chi connectivity index (χ2n) is 4.32. The Morgan fingerprint density at radius 2 is 1.93 bits per heavy atom. The number of ether oxygens (including phenoxy) is 1. The number of β-amino-alcohol motifs (C(OH)–C–C–N with tert-alkyl or cyclic N) is 2. The van der Waals surface area contributed by atoms with E-state index in [1.165, 1.54) is 12.8 Å². The molecular formula is C10H19NO3. The molecule has 0 aromatic carbocycles. The molecule has 2 aliphatic heterocycles. The average Bonchev–Trinajstić information content (AvgIpc) is 2.74. The van der Waals surface area contributed by atoms with Gasteiger partial charge in [0, 0.05) is 26.2 Å². The Balaban J connectivity index is 1.66. The Hall–Kier alpha value is -0.160. The quantitative estimate of drug-likeness (QED) is 0.652. The first-order chi connectivity index (χ1) is 6.75. The van der Waals surface area contributed by atoms with Crippen molar-refractivity contribution in [3.63, 3.8) is 0 Å². The normalized spacial score (nSPS) is 39.4. The monoisotopic (exact) mass is 201 g/mol. The molecule has 2 heterocycles. The van der Waals surface area contributed by atoms with Crippen LogP contribution in [-0.2, 0) is 4.74 Å². The number of hydrogen-bond donors (Lipinski definition) is 2. The van der Waals surface area contributed by atoms with E-state index in [0.29, 0.717) is 19.2 Å². The molecular weight excluding hydrogens is 182 g/mol. The maximum absolute atomic E-state index is 9.34. The van der Waals surface area contributed by atoms with Gasteiger partial charge in [0.05, 0.1) is 18.3 Å². The zero-order valence-corrected chi connectivity index (χ0v) is 8.43. The summed E-state index contributed by atoms with van der Waals surface area (Å²) in [6, 6.07) is 0. The molecule has 3 atom stereocenters.